The highest BCUT2D eigenvalue weighted by molar-refractivity contribution is 6.03. The zero-order chi connectivity index (χ0) is 25.8. The summed E-state index contributed by atoms with van der Waals surface area (Å²) in [6.45, 7) is 4.37. The number of hydrazone groups is 1. The molecule has 0 atom stereocenters. The lowest BCUT2D eigenvalue weighted by Gasteiger charge is -2.12. The van der Waals surface area contributed by atoms with Crippen LogP contribution in [0, 0.1) is 19.7 Å². The van der Waals surface area contributed by atoms with Crippen LogP contribution in [0.5, 0.6) is 5.75 Å². The lowest BCUT2D eigenvalue weighted by molar-refractivity contribution is 0.0955. The van der Waals surface area contributed by atoms with E-state index in [0.717, 1.165) is 39.0 Å². The summed E-state index contributed by atoms with van der Waals surface area (Å²) in [5.41, 5.74) is 7.98. The molecular formula is C31H26FN3O2. The third-order valence-corrected chi connectivity index (χ3v) is 6.26. The number of amides is 1. The van der Waals surface area contributed by atoms with E-state index in [1.54, 1.807) is 30.5 Å². The van der Waals surface area contributed by atoms with Crippen molar-refractivity contribution >= 4 is 22.9 Å². The first-order valence-electron chi connectivity index (χ1n) is 12.0. The number of nitrogens with one attached hydrogen (secondary N) is 1. The number of aryl methyl sites for hydroxylation is 2. The molecule has 1 N–H and O–H groups in total. The normalized spacial score (nSPS) is 11.2. The van der Waals surface area contributed by atoms with Crippen LogP contribution in [0.3, 0.4) is 0 Å². The standard InChI is InChI=1S/C31H26FN3O2/c1-21-7-8-22(2)35(21)27-16-11-25(12-17-27)31(36)34-33-19-29-28-6-4-3-5-24(28)13-18-30(29)37-20-23-9-14-26(32)15-10-23/h3-19H,20H2,1-2H3,(H,34,36). The van der Waals surface area contributed by atoms with Crippen molar-refractivity contribution in [1.82, 2.24) is 9.99 Å². The van der Waals surface area contributed by atoms with Crippen molar-refractivity contribution in [3.8, 4) is 11.4 Å². The van der Waals surface area contributed by atoms with Crippen LogP contribution in [0.2, 0.25) is 0 Å². The van der Waals surface area contributed by atoms with Gasteiger partial charge >= 0.3 is 0 Å². The van der Waals surface area contributed by atoms with Gasteiger partial charge < -0.3 is 9.30 Å². The van der Waals surface area contributed by atoms with E-state index in [9.17, 15) is 9.18 Å². The molecule has 0 bridgehead atoms. The fraction of sp³-hybridized carbons (Fsp3) is 0.0968. The average Bonchev–Trinajstić information content (AvgIpc) is 3.26. The van der Waals surface area contributed by atoms with Gasteiger partial charge in [0, 0.05) is 28.2 Å². The van der Waals surface area contributed by atoms with Crippen LogP contribution in [0.1, 0.15) is 32.9 Å². The Labute approximate surface area is 214 Å². The number of carbonyl (C=O) groups excluding carboxylic acids is 1. The number of rotatable bonds is 7. The zero-order valence-corrected chi connectivity index (χ0v) is 20.6. The maximum atomic E-state index is 13.2. The van der Waals surface area contributed by atoms with Crippen LogP contribution >= 0.6 is 0 Å². The van der Waals surface area contributed by atoms with Crippen LogP contribution < -0.4 is 10.2 Å². The lowest BCUT2D eigenvalue weighted by Crippen LogP contribution is -2.17. The van der Waals surface area contributed by atoms with Crippen LogP contribution in [-0.4, -0.2) is 16.7 Å². The van der Waals surface area contributed by atoms with Crippen molar-refractivity contribution < 1.29 is 13.9 Å². The van der Waals surface area contributed by atoms with Gasteiger partial charge in [-0.2, -0.15) is 5.10 Å². The Hall–Kier alpha value is -4.71. The van der Waals surface area contributed by atoms with Gasteiger partial charge in [-0.15, -0.1) is 0 Å². The molecule has 0 aliphatic carbocycles. The number of nitrogens with zero attached hydrogens (tertiary/aromatic N) is 2. The molecule has 0 unspecified atom stereocenters. The summed E-state index contributed by atoms with van der Waals surface area (Å²) in [5.74, 6) is 0.0169. The Bertz CT molecular complexity index is 1570. The molecule has 0 aliphatic rings. The van der Waals surface area contributed by atoms with Gasteiger partial charge in [0.15, 0.2) is 0 Å². The Balaban J connectivity index is 1.34. The van der Waals surface area contributed by atoms with Crippen molar-refractivity contribution in [3.63, 3.8) is 0 Å². The molecule has 6 heteroatoms. The van der Waals surface area contributed by atoms with E-state index in [-0.39, 0.29) is 18.3 Å². The summed E-state index contributed by atoms with van der Waals surface area (Å²) < 4.78 is 21.4. The summed E-state index contributed by atoms with van der Waals surface area (Å²) in [4.78, 5) is 12.8. The molecule has 0 saturated heterocycles. The predicted octanol–water partition coefficient (Wildman–Crippen LogP) is 6.73. The number of carbonyl (C=O) groups is 1. The van der Waals surface area contributed by atoms with E-state index in [1.807, 2.05) is 62.4 Å². The van der Waals surface area contributed by atoms with Crippen LogP contribution in [0.15, 0.2) is 102 Å². The molecule has 0 fully saturated rings. The van der Waals surface area contributed by atoms with Gasteiger partial charge in [0.1, 0.15) is 18.2 Å². The SMILES string of the molecule is Cc1ccc(C)n1-c1ccc(C(=O)NN=Cc2c(OCc3ccc(F)cc3)ccc3ccccc23)cc1. The molecule has 1 heterocycles. The highest BCUT2D eigenvalue weighted by Gasteiger charge is 2.10. The first-order chi connectivity index (χ1) is 18.0. The van der Waals surface area contributed by atoms with Crippen LogP contribution in [0.25, 0.3) is 16.5 Å². The Morgan fingerprint density at radius 1 is 0.892 bits per heavy atom. The van der Waals surface area contributed by atoms with Gasteiger partial charge in [0.2, 0.25) is 0 Å². The molecule has 1 aromatic heterocycles. The fourth-order valence-corrected chi connectivity index (χ4v) is 4.33. The van der Waals surface area contributed by atoms with E-state index in [1.165, 1.54) is 12.1 Å². The lowest BCUT2D eigenvalue weighted by atomic mass is 10.0. The largest absolute Gasteiger partial charge is 0.488 e. The first-order valence-corrected chi connectivity index (χ1v) is 12.0. The van der Waals surface area contributed by atoms with Gasteiger partial charge in [-0.1, -0.05) is 42.5 Å². The van der Waals surface area contributed by atoms with E-state index in [0.29, 0.717) is 11.3 Å². The Morgan fingerprint density at radius 3 is 2.32 bits per heavy atom. The average molecular weight is 492 g/mol. The Morgan fingerprint density at radius 2 is 1.59 bits per heavy atom. The molecule has 5 aromatic rings. The monoisotopic (exact) mass is 491 g/mol. The predicted molar refractivity (Wildman–Crippen MR) is 145 cm³/mol. The highest BCUT2D eigenvalue weighted by atomic mass is 19.1. The van der Waals surface area contributed by atoms with Gasteiger partial charge in [-0.05, 0) is 84.8 Å². The molecule has 4 aromatic carbocycles. The summed E-state index contributed by atoms with van der Waals surface area (Å²) in [7, 11) is 0. The summed E-state index contributed by atoms with van der Waals surface area (Å²) in [5, 5.41) is 6.20. The highest BCUT2D eigenvalue weighted by Crippen LogP contribution is 2.27. The third kappa shape index (κ3) is 5.28. The molecule has 184 valence electrons. The minimum Gasteiger partial charge on any atom is -0.488 e. The van der Waals surface area contributed by atoms with Gasteiger partial charge in [0.05, 0.1) is 6.21 Å². The topological polar surface area (TPSA) is 55.6 Å². The molecule has 0 spiro atoms. The fourth-order valence-electron chi connectivity index (χ4n) is 4.33. The molecule has 0 saturated carbocycles. The van der Waals surface area contributed by atoms with Crippen molar-refractivity contribution in [2.45, 2.75) is 20.5 Å². The number of fused-ring (bicyclic) bond motifs is 1. The van der Waals surface area contributed by atoms with Crippen molar-refractivity contribution in [3.05, 3.63) is 131 Å². The minimum atomic E-state index is -0.308. The molecule has 1 amide bonds. The molecular weight excluding hydrogens is 465 g/mol. The van der Waals surface area contributed by atoms with Gasteiger partial charge in [-0.3, -0.25) is 4.79 Å². The summed E-state index contributed by atoms with van der Waals surface area (Å²) in [6, 6.07) is 29.5. The number of hydrogen-bond donors (Lipinski definition) is 1. The minimum absolute atomic E-state index is 0.276. The van der Waals surface area contributed by atoms with E-state index in [2.05, 4.69) is 27.2 Å². The molecule has 5 rings (SSSR count). The van der Waals surface area contributed by atoms with Crippen molar-refractivity contribution in [1.29, 1.82) is 0 Å². The molecule has 0 radical (unpaired) electrons. The van der Waals surface area contributed by atoms with Crippen LogP contribution in [-0.2, 0) is 6.61 Å². The first kappa shape index (κ1) is 24.0. The van der Waals surface area contributed by atoms with E-state index in [4.69, 9.17) is 4.74 Å². The zero-order valence-electron chi connectivity index (χ0n) is 20.6. The second kappa shape index (κ2) is 10.5. The second-order valence-electron chi connectivity index (χ2n) is 8.81. The second-order valence-corrected chi connectivity index (χ2v) is 8.81. The quantitative estimate of drug-likeness (QED) is 0.203. The smallest absolute Gasteiger partial charge is 0.271 e. The van der Waals surface area contributed by atoms with E-state index >= 15 is 0 Å². The van der Waals surface area contributed by atoms with Gasteiger partial charge in [0.25, 0.3) is 5.91 Å². The summed E-state index contributed by atoms with van der Waals surface area (Å²) in [6.07, 6.45) is 1.60. The molecule has 5 nitrogen and oxygen atoms in total. The molecule has 37 heavy (non-hydrogen) atoms. The maximum absolute atomic E-state index is 13.2. The number of halogens is 1. The number of benzene rings is 4. The van der Waals surface area contributed by atoms with Crippen molar-refractivity contribution in [2.75, 3.05) is 0 Å². The number of aromatic nitrogens is 1. The number of hydrogen-bond acceptors (Lipinski definition) is 3. The maximum Gasteiger partial charge on any atom is 0.271 e. The Kier molecular flexibility index (Phi) is 6.81. The van der Waals surface area contributed by atoms with Gasteiger partial charge in [-0.25, -0.2) is 9.82 Å². The third-order valence-electron chi connectivity index (χ3n) is 6.26. The van der Waals surface area contributed by atoms with E-state index < -0.39 is 0 Å². The number of ether oxygens (including phenoxy) is 1. The van der Waals surface area contributed by atoms with Crippen LogP contribution in [0.4, 0.5) is 4.39 Å². The van der Waals surface area contributed by atoms with Crippen molar-refractivity contribution in [2.24, 2.45) is 5.10 Å². The summed E-state index contributed by atoms with van der Waals surface area (Å²) >= 11 is 0. The molecule has 0 aliphatic heterocycles.